The number of amides is 4. The van der Waals surface area contributed by atoms with Crippen molar-refractivity contribution in [2.24, 2.45) is 11.5 Å². The number of urea groups is 2. The minimum Gasteiger partial charge on any atom is -0.487 e. The maximum Gasteiger partial charge on any atom is 0.316 e. The lowest BCUT2D eigenvalue weighted by Crippen LogP contribution is -2.28. The van der Waals surface area contributed by atoms with E-state index < -0.39 is 12.1 Å². The summed E-state index contributed by atoms with van der Waals surface area (Å²) in [5.74, 6) is 0.577. The number of likely N-dealkylation sites (N-methyl/N-ethyl adjacent to an activating group) is 1. The summed E-state index contributed by atoms with van der Waals surface area (Å²) in [6, 6.07) is 22.1. The molecule has 0 aromatic heterocycles. The number of halogens is 1. The van der Waals surface area contributed by atoms with Crippen LogP contribution in [0, 0.1) is 0 Å². The third-order valence-electron chi connectivity index (χ3n) is 5.61. The van der Waals surface area contributed by atoms with Crippen molar-refractivity contribution < 1.29 is 14.3 Å². The van der Waals surface area contributed by atoms with Gasteiger partial charge in [0.15, 0.2) is 0 Å². The van der Waals surface area contributed by atoms with E-state index in [9.17, 15) is 9.59 Å². The van der Waals surface area contributed by atoms with Crippen LogP contribution in [0.2, 0.25) is 0 Å². The van der Waals surface area contributed by atoms with Crippen LogP contribution in [-0.2, 0) is 19.4 Å². The molecule has 0 spiro atoms. The van der Waals surface area contributed by atoms with Gasteiger partial charge in [-0.25, -0.2) is 9.59 Å². The fourth-order valence-corrected chi connectivity index (χ4v) is 3.77. The minimum absolute atomic E-state index is 0. The number of nitrogens with two attached hydrogens (primary N) is 2. The van der Waals surface area contributed by atoms with Gasteiger partial charge < -0.3 is 31.7 Å². The maximum atomic E-state index is 11.5. The van der Waals surface area contributed by atoms with Crippen LogP contribution in [0.5, 0.6) is 5.75 Å². The predicted molar refractivity (Wildman–Crippen MR) is 150 cm³/mol. The molecule has 0 aliphatic rings. The number of carbonyl (C=O) groups is 2. The Balaban J connectivity index is 0.00000456. The van der Waals surface area contributed by atoms with E-state index >= 15 is 0 Å². The molecule has 4 amide bonds. The van der Waals surface area contributed by atoms with E-state index in [1.54, 1.807) is 0 Å². The molecule has 6 N–H and O–H groups in total. The van der Waals surface area contributed by atoms with Crippen molar-refractivity contribution in [3.63, 3.8) is 0 Å². The van der Waals surface area contributed by atoms with Crippen LogP contribution in [-0.4, -0.2) is 36.6 Å². The number of nitrogens with zero attached hydrogens (tertiary/aromatic N) is 1. The molecule has 9 heteroatoms. The second kappa shape index (κ2) is 14.8. The Morgan fingerprint density at radius 2 is 1.44 bits per heavy atom. The zero-order chi connectivity index (χ0) is 25.0. The van der Waals surface area contributed by atoms with Gasteiger partial charge in [-0.15, -0.1) is 17.0 Å². The Morgan fingerprint density at radius 3 is 2.08 bits per heavy atom. The summed E-state index contributed by atoms with van der Waals surface area (Å²) >= 11 is 0. The molecular weight excluding hydrogens is 522 g/mol. The predicted octanol–water partition coefficient (Wildman–Crippen LogP) is 4.93. The zero-order valence-corrected chi connectivity index (χ0v) is 22.1. The molecule has 0 aliphatic carbocycles. The lowest BCUT2D eigenvalue weighted by atomic mass is 10.1. The Bertz CT molecular complexity index is 1130. The van der Waals surface area contributed by atoms with Gasteiger partial charge in [-0.05, 0) is 60.3 Å². The molecule has 0 aliphatic heterocycles. The average molecular weight is 557 g/mol. The van der Waals surface area contributed by atoms with Gasteiger partial charge in [-0.2, -0.15) is 0 Å². The molecule has 8 nitrogen and oxygen atoms in total. The van der Waals surface area contributed by atoms with Crippen LogP contribution in [0.3, 0.4) is 0 Å². The summed E-state index contributed by atoms with van der Waals surface area (Å²) in [4.78, 5) is 25.0. The monoisotopic (exact) mass is 555 g/mol. The van der Waals surface area contributed by atoms with Crippen molar-refractivity contribution in [2.45, 2.75) is 26.4 Å². The fourth-order valence-electron chi connectivity index (χ4n) is 3.77. The first-order valence-electron chi connectivity index (χ1n) is 11.7. The molecule has 0 atom stereocenters. The summed E-state index contributed by atoms with van der Waals surface area (Å²) in [6.45, 7) is 5.17. The van der Waals surface area contributed by atoms with Crippen LogP contribution in [0.1, 0.15) is 23.6 Å². The third-order valence-corrected chi connectivity index (χ3v) is 5.61. The Hall–Kier alpha value is -3.56. The number of rotatable bonds is 12. The van der Waals surface area contributed by atoms with Gasteiger partial charge in [0.05, 0.1) is 5.69 Å². The molecule has 0 radical (unpaired) electrons. The largest absolute Gasteiger partial charge is 0.487 e. The van der Waals surface area contributed by atoms with Crippen LogP contribution >= 0.6 is 17.0 Å². The smallest absolute Gasteiger partial charge is 0.316 e. The van der Waals surface area contributed by atoms with Gasteiger partial charge in [0.1, 0.15) is 12.4 Å². The van der Waals surface area contributed by atoms with E-state index in [2.05, 4.69) is 22.5 Å². The quantitative estimate of drug-likeness (QED) is 0.253. The second-order valence-electron chi connectivity index (χ2n) is 8.22. The van der Waals surface area contributed by atoms with Gasteiger partial charge >= 0.3 is 12.1 Å². The molecule has 0 unspecified atom stereocenters. The maximum absolute atomic E-state index is 11.5. The summed E-state index contributed by atoms with van der Waals surface area (Å²) in [5, 5.41) is 5.29. The molecule has 36 heavy (non-hydrogen) atoms. The van der Waals surface area contributed by atoms with E-state index in [0.717, 1.165) is 49.2 Å². The average Bonchev–Trinajstić information content (AvgIpc) is 2.84. The zero-order valence-electron chi connectivity index (χ0n) is 20.4. The Morgan fingerprint density at radius 1 is 0.806 bits per heavy atom. The van der Waals surface area contributed by atoms with E-state index in [0.29, 0.717) is 23.7 Å². The number of primary amides is 2. The molecule has 0 fully saturated rings. The first kappa shape index (κ1) is 28.7. The van der Waals surface area contributed by atoms with Crippen molar-refractivity contribution in [2.75, 3.05) is 30.3 Å². The first-order chi connectivity index (χ1) is 16.9. The Kier molecular flexibility index (Phi) is 11.7. The van der Waals surface area contributed by atoms with Crippen molar-refractivity contribution in [3.05, 3.63) is 89.5 Å². The molecule has 3 aromatic rings. The number of nitrogens with one attached hydrogen (secondary N) is 2. The van der Waals surface area contributed by atoms with Crippen LogP contribution in [0.25, 0.3) is 0 Å². The van der Waals surface area contributed by atoms with Crippen molar-refractivity contribution in [3.8, 4) is 5.75 Å². The SMILES string of the molecule is Br.CCN(CCc1cccc(NC(N)=O)c1)CCc1ccc(OCc2ccccc2)c(NC(N)=O)c1. The summed E-state index contributed by atoms with van der Waals surface area (Å²) < 4.78 is 5.93. The first-order valence-corrected chi connectivity index (χ1v) is 11.7. The molecule has 3 rings (SSSR count). The standard InChI is InChI=1S/C27H33N5O3.BrH/c1-2-32(15-13-20-9-6-10-23(17-20)30-26(28)33)16-14-21-11-12-25(24(18-21)31-27(29)34)35-19-22-7-4-3-5-8-22;/h3-12,17-18H,2,13-16,19H2,1H3,(H3,28,30,33)(H3,29,31,34);1H. The lowest BCUT2D eigenvalue weighted by molar-refractivity contribution is 0.258. The second-order valence-corrected chi connectivity index (χ2v) is 8.22. The number of anilines is 2. The van der Waals surface area contributed by atoms with Crippen LogP contribution < -0.4 is 26.8 Å². The molecule has 0 saturated carbocycles. The van der Waals surface area contributed by atoms with Crippen molar-refractivity contribution in [1.82, 2.24) is 4.90 Å². The minimum atomic E-state index is -0.630. The van der Waals surface area contributed by atoms with Gasteiger partial charge in [0.2, 0.25) is 0 Å². The molecule has 3 aromatic carbocycles. The normalized spacial score (nSPS) is 10.4. The summed E-state index contributed by atoms with van der Waals surface area (Å²) in [6.07, 6.45) is 1.66. The Labute approximate surface area is 222 Å². The van der Waals surface area contributed by atoms with Gasteiger partial charge in [-0.3, -0.25) is 0 Å². The number of hydrogen-bond donors (Lipinski definition) is 4. The highest BCUT2D eigenvalue weighted by molar-refractivity contribution is 8.93. The highest BCUT2D eigenvalue weighted by Crippen LogP contribution is 2.27. The molecular formula is C27H34BrN5O3. The van der Waals surface area contributed by atoms with Crippen LogP contribution in [0.15, 0.2) is 72.8 Å². The van der Waals surface area contributed by atoms with Gasteiger partial charge in [0.25, 0.3) is 0 Å². The molecule has 0 saturated heterocycles. The number of benzene rings is 3. The highest BCUT2D eigenvalue weighted by Gasteiger charge is 2.10. The number of ether oxygens (including phenoxy) is 1. The molecule has 0 heterocycles. The number of carbonyl (C=O) groups excluding carboxylic acids is 2. The highest BCUT2D eigenvalue weighted by atomic mass is 79.9. The third kappa shape index (κ3) is 9.59. The molecule has 192 valence electrons. The lowest BCUT2D eigenvalue weighted by Gasteiger charge is -2.21. The topological polar surface area (TPSA) is 123 Å². The van der Waals surface area contributed by atoms with Crippen LogP contribution in [0.4, 0.5) is 21.0 Å². The number of hydrogen-bond acceptors (Lipinski definition) is 4. The van der Waals surface area contributed by atoms with Crippen molar-refractivity contribution in [1.29, 1.82) is 0 Å². The fraction of sp³-hybridized carbons (Fsp3) is 0.259. The van der Waals surface area contributed by atoms with Crippen molar-refractivity contribution >= 4 is 40.4 Å². The summed E-state index contributed by atoms with van der Waals surface area (Å²) in [7, 11) is 0. The molecule has 0 bridgehead atoms. The van der Waals surface area contributed by atoms with Gasteiger partial charge in [-0.1, -0.05) is 55.5 Å². The van der Waals surface area contributed by atoms with E-state index in [1.165, 1.54) is 0 Å². The summed E-state index contributed by atoms with van der Waals surface area (Å²) in [5.41, 5.74) is 15.1. The van der Waals surface area contributed by atoms with E-state index in [1.807, 2.05) is 72.8 Å². The van der Waals surface area contributed by atoms with E-state index in [-0.39, 0.29) is 17.0 Å². The van der Waals surface area contributed by atoms with E-state index in [4.69, 9.17) is 16.2 Å². The van der Waals surface area contributed by atoms with Gasteiger partial charge in [0, 0.05) is 18.8 Å².